The van der Waals surface area contributed by atoms with E-state index in [1.165, 1.54) is 28.3 Å². The number of cyclic esters (lactones) is 1. The van der Waals surface area contributed by atoms with Crippen LogP contribution in [0.5, 0.6) is 5.75 Å². The lowest BCUT2D eigenvalue weighted by Crippen LogP contribution is -2.66. The fourth-order valence-electron chi connectivity index (χ4n) is 11.1. The van der Waals surface area contributed by atoms with E-state index in [4.69, 9.17) is 56.8 Å². The molecule has 436 valence electrons. The van der Waals surface area contributed by atoms with Gasteiger partial charge in [-0.25, -0.2) is 0 Å². The molecule has 1 aromatic carbocycles. The third kappa shape index (κ3) is 17.4. The molecule has 3 saturated heterocycles. The summed E-state index contributed by atoms with van der Waals surface area (Å²) in [4.78, 5) is 60.8. The number of ether oxygens (including phenoxy) is 12. The first-order chi connectivity index (χ1) is 36.6. The summed E-state index contributed by atoms with van der Waals surface area (Å²) in [6.07, 6.45) is -9.00. The molecule has 16 atom stereocenters. The Morgan fingerprint density at radius 1 is 0.922 bits per heavy atom. The second-order valence-corrected chi connectivity index (χ2v) is 21.3. The Kier molecular flexibility index (Phi) is 24.7. The molecule has 3 aliphatic heterocycles. The van der Waals surface area contributed by atoms with Gasteiger partial charge in [-0.1, -0.05) is 20.8 Å². The van der Waals surface area contributed by atoms with Gasteiger partial charge in [0.15, 0.2) is 30.6 Å². The maximum absolute atomic E-state index is 14.0. The van der Waals surface area contributed by atoms with Gasteiger partial charge in [-0.05, 0) is 116 Å². The predicted molar refractivity (Wildman–Crippen MR) is 281 cm³/mol. The topological polar surface area (TPSA) is 239 Å². The van der Waals surface area contributed by atoms with Gasteiger partial charge in [0.1, 0.15) is 36.3 Å². The van der Waals surface area contributed by atoms with Gasteiger partial charge in [0.25, 0.3) is 0 Å². The maximum Gasteiger partial charge on any atom is 0.309 e. The minimum absolute atomic E-state index is 0.00464. The standard InChI is InChI=1S/C56H89N3O18/c1-15-44(62)73-43-29-46(64)70-33(4)22-25-59(24-17-18-37-21-23-57-41-20-19-39(66-11)28-40(37)41)31-42(61)32(3)26-38(27-47(67-12)68-13)52(53(43)69-14)76-55-50(65)49(58(9)10)51(34(5)72-55)75-48-30-56(8,77-36(7)60)54(35(6)71-48)74-45(63)16-2/h19-21,23,28,32-35,38,42-43,47-55,61,65H,15-18,22,24-27,29-31H2,1-14H3/t32-,33-,34?,35?,38-,42+,43-,48?,49?,50?,51?,52+,53?,54?,55?,56?/m1/s1. The Hall–Kier alpha value is -4.13. The lowest BCUT2D eigenvalue weighted by molar-refractivity contribution is -0.345. The van der Waals surface area contributed by atoms with Gasteiger partial charge in [0, 0.05) is 78.6 Å². The SMILES string of the molecule is CCC(=O)OC1C(C)OC(OC2C(C)OC(O[C@@H]3C(OC)[C@H](OC(=O)CC)CC(=O)O[C@H](C)CCN(CCCc4ccnc5ccc(OC)cc45)C[C@H](O)[C@H](C)C[C@@H]3CC(OC)OC)C(O)C2N(C)C)CC1(C)OC(C)=O. The fourth-order valence-corrected chi connectivity index (χ4v) is 11.1. The molecule has 3 fully saturated rings. The number of nitrogens with zero attached hydrogens (tertiary/aromatic N) is 3. The summed E-state index contributed by atoms with van der Waals surface area (Å²) in [6, 6.07) is 7.03. The highest BCUT2D eigenvalue weighted by atomic mass is 16.7. The number of benzene rings is 1. The molecular weight excluding hydrogens is 1000 g/mol. The average molecular weight is 1090 g/mol. The van der Waals surface area contributed by atoms with Crippen molar-refractivity contribution in [3.05, 3.63) is 36.0 Å². The summed E-state index contributed by atoms with van der Waals surface area (Å²) in [5, 5.41) is 25.8. The summed E-state index contributed by atoms with van der Waals surface area (Å²) < 4.78 is 73.6. The Labute approximate surface area is 455 Å². The first-order valence-corrected chi connectivity index (χ1v) is 27.2. The Bertz CT molecular complexity index is 2180. The van der Waals surface area contributed by atoms with Crippen LogP contribution in [0.2, 0.25) is 0 Å². The highest BCUT2D eigenvalue weighted by Gasteiger charge is 2.55. The van der Waals surface area contributed by atoms with E-state index < -0.39 is 134 Å². The second-order valence-electron chi connectivity index (χ2n) is 21.3. The lowest BCUT2D eigenvalue weighted by Gasteiger charge is -2.51. The summed E-state index contributed by atoms with van der Waals surface area (Å²) >= 11 is 0. The number of methoxy groups -OCH3 is 4. The highest BCUT2D eigenvalue weighted by molar-refractivity contribution is 5.83. The smallest absolute Gasteiger partial charge is 0.309 e. The van der Waals surface area contributed by atoms with E-state index in [-0.39, 0.29) is 32.1 Å². The molecule has 0 radical (unpaired) electrons. The van der Waals surface area contributed by atoms with Crippen molar-refractivity contribution < 1.29 is 86.2 Å². The number of hydrogen-bond donors (Lipinski definition) is 2. The first kappa shape index (κ1) is 63.7. The van der Waals surface area contributed by atoms with Crippen molar-refractivity contribution >= 4 is 34.8 Å². The first-order valence-electron chi connectivity index (χ1n) is 27.2. The van der Waals surface area contributed by atoms with Crippen LogP contribution in [-0.2, 0) is 77.7 Å². The van der Waals surface area contributed by atoms with Crippen LogP contribution < -0.4 is 4.74 Å². The van der Waals surface area contributed by atoms with Crippen molar-refractivity contribution in [1.29, 1.82) is 0 Å². The summed E-state index contributed by atoms with van der Waals surface area (Å²) in [5.74, 6) is -2.56. The van der Waals surface area contributed by atoms with E-state index in [0.29, 0.717) is 26.1 Å². The summed E-state index contributed by atoms with van der Waals surface area (Å²) in [6.45, 7) is 14.9. The lowest BCUT2D eigenvalue weighted by atomic mass is 9.82. The summed E-state index contributed by atoms with van der Waals surface area (Å²) in [5.41, 5.74) is 0.664. The number of esters is 4. The Morgan fingerprint density at radius 3 is 2.26 bits per heavy atom. The zero-order valence-corrected chi connectivity index (χ0v) is 47.9. The number of rotatable bonds is 20. The predicted octanol–water partition coefficient (Wildman–Crippen LogP) is 5.14. The van der Waals surface area contributed by atoms with Crippen molar-refractivity contribution in [2.45, 2.75) is 205 Å². The van der Waals surface area contributed by atoms with Gasteiger partial charge in [-0.3, -0.25) is 24.2 Å². The molecule has 0 amide bonds. The minimum atomic E-state index is -1.42. The molecule has 4 heterocycles. The van der Waals surface area contributed by atoms with Crippen molar-refractivity contribution in [2.24, 2.45) is 11.8 Å². The van der Waals surface area contributed by atoms with Crippen molar-refractivity contribution in [3.8, 4) is 5.75 Å². The zero-order valence-electron chi connectivity index (χ0n) is 47.9. The van der Waals surface area contributed by atoms with E-state index in [9.17, 15) is 29.4 Å². The molecule has 0 spiro atoms. The third-order valence-electron chi connectivity index (χ3n) is 15.2. The van der Waals surface area contributed by atoms with Crippen LogP contribution in [0.3, 0.4) is 0 Å². The van der Waals surface area contributed by atoms with Gasteiger partial charge in [0.2, 0.25) is 0 Å². The number of β-amino-alcohol motifs (C(OH)–C–C–N with tert-alkyl or cyclic N) is 1. The molecule has 0 aliphatic carbocycles. The van der Waals surface area contributed by atoms with Crippen LogP contribution in [0.15, 0.2) is 30.5 Å². The van der Waals surface area contributed by atoms with Gasteiger partial charge >= 0.3 is 23.9 Å². The number of aromatic nitrogens is 1. The minimum Gasteiger partial charge on any atom is -0.497 e. The second kappa shape index (κ2) is 29.9. The van der Waals surface area contributed by atoms with Gasteiger partial charge in [-0.2, -0.15) is 0 Å². The number of fused-ring (bicyclic) bond motifs is 1. The van der Waals surface area contributed by atoms with Crippen LogP contribution >= 0.6 is 0 Å². The van der Waals surface area contributed by atoms with Crippen molar-refractivity contribution in [3.63, 3.8) is 0 Å². The molecule has 2 aromatic rings. The maximum atomic E-state index is 14.0. The van der Waals surface area contributed by atoms with E-state index in [1.54, 1.807) is 66.9 Å². The van der Waals surface area contributed by atoms with E-state index in [0.717, 1.165) is 35.1 Å². The van der Waals surface area contributed by atoms with E-state index in [2.05, 4.69) is 9.88 Å². The van der Waals surface area contributed by atoms with Gasteiger partial charge in [0.05, 0.1) is 49.5 Å². The highest BCUT2D eigenvalue weighted by Crippen LogP contribution is 2.40. The van der Waals surface area contributed by atoms with E-state index >= 15 is 0 Å². The number of likely N-dealkylation sites (N-methyl/N-ethyl adjacent to an activating group) is 1. The van der Waals surface area contributed by atoms with Crippen LogP contribution in [0, 0.1) is 11.8 Å². The molecule has 2 N–H and O–H groups in total. The molecule has 77 heavy (non-hydrogen) atoms. The molecule has 10 unspecified atom stereocenters. The molecule has 21 nitrogen and oxygen atoms in total. The van der Waals surface area contributed by atoms with Gasteiger partial charge < -0.3 is 76.9 Å². The van der Waals surface area contributed by atoms with Gasteiger partial charge in [-0.15, -0.1) is 0 Å². The number of aryl methyl sites for hydroxylation is 1. The Balaban J connectivity index is 1.49. The normalized spacial score (nSPS) is 33.2. The van der Waals surface area contributed by atoms with Crippen molar-refractivity contribution in [1.82, 2.24) is 14.8 Å². The molecule has 5 rings (SSSR count). The van der Waals surface area contributed by atoms with Crippen molar-refractivity contribution in [2.75, 3.05) is 62.2 Å². The fraction of sp³-hybridized carbons (Fsp3) is 0.768. The number of aliphatic hydroxyl groups excluding tert-OH is 2. The quantitative estimate of drug-likeness (QED) is 0.0992. The largest absolute Gasteiger partial charge is 0.497 e. The number of carbonyl (C=O) groups is 4. The molecule has 21 heteroatoms. The third-order valence-corrected chi connectivity index (χ3v) is 15.2. The van der Waals surface area contributed by atoms with Crippen LogP contribution in [-0.4, -0.2) is 203 Å². The van der Waals surface area contributed by atoms with E-state index in [1.807, 2.05) is 38.1 Å². The molecule has 3 aliphatic rings. The number of pyridine rings is 1. The molecular formula is C56H89N3O18. The molecule has 0 bridgehead atoms. The molecule has 1 aromatic heterocycles. The number of hydrogen-bond acceptors (Lipinski definition) is 21. The monoisotopic (exact) mass is 1090 g/mol. The number of aliphatic hydroxyl groups is 2. The van der Waals surface area contributed by atoms with Crippen LogP contribution in [0.4, 0.5) is 0 Å². The zero-order chi connectivity index (χ0) is 56.7. The van der Waals surface area contributed by atoms with Crippen LogP contribution in [0.25, 0.3) is 10.9 Å². The number of carbonyl (C=O) groups excluding carboxylic acids is 4. The molecule has 0 saturated carbocycles. The average Bonchev–Trinajstić information content (AvgIpc) is 3.38. The Morgan fingerprint density at radius 2 is 1.62 bits per heavy atom. The van der Waals surface area contributed by atoms with Crippen LogP contribution in [0.1, 0.15) is 112 Å². The summed E-state index contributed by atoms with van der Waals surface area (Å²) in [7, 11) is 9.63.